The average Bonchev–Trinajstić information content (AvgIpc) is 2.63. The minimum absolute atomic E-state index is 0.788. The van der Waals surface area contributed by atoms with Gasteiger partial charge in [0.1, 0.15) is 0 Å². The highest BCUT2D eigenvalue weighted by atomic mass is 32.2. The molecular formula is C13H25NS. The van der Waals surface area contributed by atoms with Gasteiger partial charge in [0, 0.05) is 11.3 Å². The Morgan fingerprint density at radius 1 is 1.13 bits per heavy atom. The Morgan fingerprint density at radius 3 is 2.67 bits per heavy atom. The third-order valence-corrected chi connectivity index (χ3v) is 5.67. The molecule has 0 radical (unpaired) electrons. The van der Waals surface area contributed by atoms with Gasteiger partial charge in [0.05, 0.1) is 0 Å². The molecule has 1 saturated heterocycles. The van der Waals surface area contributed by atoms with Gasteiger partial charge in [-0.2, -0.15) is 11.8 Å². The zero-order valence-electron chi connectivity index (χ0n) is 10.2. The minimum Gasteiger partial charge on any atom is -0.313 e. The zero-order valence-corrected chi connectivity index (χ0v) is 11.0. The van der Waals surface area contributed by atoms with Crippen LogP contribution in [0.4, 0.5) is 0 Å². The molecule has 2 fully saturated rings. The fourth-order valence-corrected chi connectivity index (χ4v) is 4.19. The first kappa shape index (κ1) is 11.8. The van der Waals surface area contributed by atoms with Gasteiger partial charge >= 0.3 is 0 Å². The van der Waals surface area contributed by atoms with Crippen molar-refractivity contribution in [3.63, 3.8) is 0 Å². The van der Waals surface area contributed by atoms with Crippen molar-refractivity contribution in [3.8, 4) is 0 Å². The van der Waals surface area contributed by atoms with Crippen molar-refractivity contribution in [2.75, 3.05) is 12.3 Å². The molecule has 1 heterocycles. The number of hydrogen-bond acceptors (Lipinski definition) is 2. The number of hydrogen-bond donors (Lipinski definition) is 1. The summed E-state index contributed by atoms with van der Waals surface area (Å²) >= 11 is 2.15. The molecule has 1 aliphatic heterocycles. The van der Waals surface area contributed by atoms with Crippen LogP contribution in [0.5, 0.6) is 0 Å². The lowest BCUT2D eigenvalue weighted by molar-refractivity contribution is 0.354. The summed E-state index contributed by atoms with van der Waals surface area (Å²) in [6.45, 7) is 6.09. The predicted octanol–water partition coefficient (Wildman–Crippen LogP) is 3.30. The molecule has 0 amide bonds. The second-order valence-corrected chi connectivity index (χ2v) is 6.89. The summed E-state index contributed by atoms with van der Waals surface area (Å²) in [5.74, 6) is 3.30. The molecule has 88 valence electrons. The van der Waals surface area contributed by atoms with E-state index >= 15 is 0 Å². The fourth-order valence-electron chi connectivity index (χ4n) is 3.02. The van der Waals surface area contributed by atoms with E-state index < -0.39 is 0 Å². The Kier molecular flexibility index (Phi) is 4.39. The van der Waals surface area contributed by atoms with E-state index in [9.17, 15) is 0 Å². The average molecular weight is 227 g/mol. The van der Waals surface area contributed by atoms with Crippen LogP contribution in [0.15, 0.2) is 0 Å². The molecule has 1 aliphatic carbocycles. The van der Waals surface area contributed by atoms with Crippen molar-refractivity contribution in [1.29, 1.82) is 0 Å². The van der Waals surface area contributed by atoms with E-state index in [-0.39, 0.29) is 0 Å². The lowest BCUT2D eigenvalue weighted by atomic mass is 9.97. The maximum atomic E-state index is 3.82. The summed E-state index contributed by atoms with van der Waals surface area (Å²) in [5, 5.41) is 4.65. The zero-order chi connectivity index (χ0) is 10.7. The predicted molar refractivity (Wildman–Crippen MR) is 69.4 cm³/mol. The van der Waals surface area contributed by atoms with Crippen LogP contribution >= 0.6 is 11.8 Å². The van der Waals surface area contributed by atoms with E-state index in [0.717, 1.165) is 23.1 Å². The summed E-state index contributed by atoms with van der Waals surface area (Å²) in [4.78, 5) is 0. The maximum Gasteiger partial charge on any atom is 0.0184 e. The van der Waals surface area contributed by atoms with Gasteiger partial charge in [-0.05, 0) is 43.4 Å². The van der Waals surface area contributed by atoms with Crippen LogP contribution in [0, 0.1) is 11.8 Å². The SMILES string of the molecule is CC1CCCC1CNC1CCCSC1C. The molecule has 0 bridgehead atoms. The van der Waals surface area contributed by atoms with Crippen LogP contribution in [0.1, 0.15) is 46.0 Å². The fraction of sp³-hybridized carbons (Fsp3) is 1.00. The van der Waals surface area contributed by atoms with Gasteiger partial charge in [-0.15, -0.1) is 0 Å². The molecule has 1 saturated carbocycles. The Morgan fingerprint density at radius 2 is 2.00 bits per heavy atom. The van der Waals surface area contributed by atoms with E-state index in [4.69, 9.17) is 0 Å². The Bertz CT molecular complexity index is 195. The minimum atomic E-state index is 0.788. The third-order valence-electron chi connectivity index (χ3n) is 4.29. The molecule has 0 aromatic carbocycles. The van der Waals surface area contributed by atoms with E-state index in [1.807, 2.05) is 0 Å². The van der Waals surface area contributed by atoms with Gasteiger partial charge in [0.2, 0.25) is 0 Å². The van der Waals surface area contributed by atoms with Crippen LogP contribution in [-0.2, 0) is 0 Å². The molecule has 2 aliphatic rings. The molecule has 1 N–H and O–H groups in total. The quantitative estimate of drug-likeness (QED) is 0.794. The van der Waals surface area contributed by atoms with Crippen molar-refractivity contribution in [1.82, 2.24) is 5.32 Å². The van der Waals surface area contributed by atoms with E-state index in [2.05, 4.69) is 30.9 Å². The monoisotopic (exact) mass is 227 g/mol. The van der Waals surface area contributed by atoms with Crippen LogP contribution < -0.4 is 5.32 Å². The summed E-state index contributed by atoms with van der Waals surface area (Å²) in [5.41, 5.74) is 0. The number of nitrogens with one attached hydrogen (secondary N) is 1. The van der Waals surface area contributed by atoms with Gasteiger partial charge in [-0.25, -0.2) is 0 Å². The van der Waals surface area contributed by atoms with Gasteiger partial charge in [0.15, 0.2) is 0 Å². The molecule has 0 aromatic rings. The molecule has 2 heteroatoms. The Hall–Kier alpha value is 0.310. The van der Waals surface area contributed by atoms with Gasteiger partial charge in [-0.1, -0.05) is 26.7 Å². The Balaban J connectivity index is 1.72. The van der Waals surface area contributed by atoms with Crippen molar-refractivity contribution < 1.29 is 0 Å². The second kappa shape index (κ2) is 5.58. The molecule has 0 aromatic heterocycles. The number of rotatable bonds is 3. The van der Waals surface area contributed by atoms with Gasteiger partial charge < -0.3 is 5.32 Å². The highest BCUT2D eigenvalue weighted by Crippen LogP contribution is 2.31. The summed E-state index contributed by atoms with van der Waals surface area (Å²) < 4.78 is 0. The molecule has 15 heavy (non-hydrogen) atoms. The molecular weight excluding hydrogens is 202 g/mol. The van der Waals surface area contributed by atoms with Crippen molar-refractivity contribution >= 4 is 11.8 Å². The van der Waals surface area contributed by atoms with Crippen molar-refractivity contribution in [2.24, 2.45) is 11.8 Å². The second-order valence-electron chi connectivity index (χ2n) is 5.40. The molecule has 4 unspecified atom stereocenters. The molecule has 1 nitrogen and oxygen atoms in total. The third kappa shape index (κ3) is 3.13. The van der Waals surface area contributed by atoms with E-state index in [1.165, 1.54) is 44.4 Å². The van der Waals surface area contributed by atoms with Gasteiger partial charge in [0.25, 0.3) is 0 Å². The normalized spacial score (nSPS) is 42.0. The summed E-state index contributed by atoms with van der Waals surface area (Å²) in [6.07, 6.45) is 7.19. The highest BCUT2D eigenvalue weighted by Gasteiger charge is 2.26. The van der Waals surface area contributed by atoms with E-state index in [1.54, 1.807) is 0 Å². The summed E-state index contributed by atoms with van der Waals surface area (Å²) in [6, 6.07) is 0.788. The largest absolute Gasteiger partial charge is 0.313 e. The molecule has 0 spiro atoms. The Labute approximate surface area is 98.8 Å². The first-order valence-corrected chi connectivity index (χ1v) is 7.67. The van der Waals surface area contributed by atoms with E-state index in [0.29, 0.717) is 0 Å². The topological polar surface area (TPSA) is 12.0 Å². The van der Waals surface area contributed by atoms with Gasteiger partial charge in [-0.3, -0.25) is 0 Å². The molecule has 2 rings (SSSR count). The summed E-state index contributed by atoms with van der Waals surface area (Å²) in [7, 11) is 0. The molecule has 4 atom stereocenters. The highest BCUT2D eigenvalue weighted by molar-refractivity contribution is 7.99. The first-order chi connectivity index (χ1) is 7.27. The standard InChI is InChI=1S/C13H25NS/c1-10-5-3-6-12(10)9-14-13-7-4-8-15-11(13)2/h10-14H,3-9H2,1-2H3. The van der Waals surface area contributed by atoms with Crippen LogP contribution in [0.2, 0.25) is 0 Å². The van der Waals surface area contributed by atoms with Crippen molar-refractivity contribution in [2.45, 2.75) is 57.2 Å². The number of thioether (sulfide) groups is 1. The van der Waals surface area contributed by atoms with Crippen LogP contribution in [-0.4, -0.2) is 23.6 Å². The maximum absolute atomic E-state index is 3.82. The lowest BCUT2D eigenvalue weighted by Crippen LogP contribution is -2.41. The van der Waals surface area contributed by atoms with Crippen LogP contribution in [0.25, 0.3) is 0 Å². The smallest absolute Gasteiger partial charge is 0.0184 e. The van der Waals surface area contributed by atoms with Crippen LogP contribution in [0.3, 0.4) is 0 Å². The first-order valence-electron chi connectivity index (χ1n) is 6.62. The lowest BCUT2D eigenvalue weighted by Gasteiger charge is -2.30. The van der Waals surface area contributed by atoms with Crippen molar-refractivity contribution in [3.05, 3.63) is 0 Å².